The molecule has 0 aliphatic carbocycles. The van der Waals surface area contributed by atoms with Crippen LogP contribution in [0.25, 0.3) is 0 Å². The van der Waals surface area contributed by atoms with Crippen molar-refractivity contribution in [3.63, 3.8) is 0 Å². The first kappa shape index (κ1) is 16.4. The number of likely N-dealkylation sites (tertiary alicyclic amines) is 1. The molecule has 0 amide bonds. The van der Waals surface area contributed by atoms with E-state index in [0.717, 1.165) is 31.8 Å². The fourth-order valence-corrected chi connectivity index (χ4v) is 2.66. The van der Waals surface area contributed by atoms with Crippen LogP contribution in [0.1, 0.15) is 38.8 Å². The molecule has 0 saturated carbocycles. The van der Waals surface area contributed by atoms with Crippen LogP contribution in [-0.4, -0.2) is 58.8 Å². The van der Waals surface area contributed by atoms with Crippen LogP contribution in [0.5, 0.6) is 0 Å². The van der Waals surface area contributed by atoms with E-state index >= 15 is 0 Å². The third kappa shape index (κ3) is 5.73. The number of nitrogens with zero attached hydrogens (tertiary/aromatic N) is 4. The van der Waals surface area contributed by atoms with Crippen LogP contribution in [0.3, 0.4) is 0 Å². The van der Waals surface area contributed by atoms with Crippen LogP contribution < -0.4 is 5.32 Å². The highest BCUT2D eigenvalue weighted by Crippen LogP contribution is 2.17. The van der Waals surface area contributed by atoms with Crippen molar-refractivity contribution >= 4 is 0 Å². The monoisotopic (exact) mass is 295 g/mol. The number of hydrogen-bond acceptors (Lipinski definition) is 5. The van der Waals surface area contributed by atoms with E-state index in [1.807, 2.05) is 10.9 Å². The van der Waals surface area contributed by atoms with Gasteiger partial charge in [-0.15, -0.1) is 5.10 Å². The molecule has 2 rings (SSSR count). The van der Waals surface area contributed by atoms with E-state index in [1.54, 1.807) is 0 Å². The lowest BCUT2D eigenvalue weighted by Crippen LogP contribution is -2.26. The van der Waals surface area contributed by atoms with Crippen molar-refractivity contribution in [1.29, 1.82) is 0 Å². The zero-order valence-corrected chi connectivity index (χ0v) is 13.6. The predicted octanol–water partition coefficient (Wildman–Crippen LogP) is 1.28. The van der Waals surface area contributed by atoms with Gasteiger partial charge in [-0.05, 0) is 32.9 Å². The minimum Gasteiger partial charge on any atom is -0.379 e. The number of hydrogen-bond donors (Lipinski definition) is 1. The molecule has 1 unspecified atom stereocenters. The summed E-state index contributed by atoms with van der Waals surface area (Å²) < 4.78 is 7.58. The van der Waals surface area contributed by atoms with Crippen LogP contribution >= 0.6 is 0 Å². The van der Waals surface area contributed by atoms with Gasteiger partial charge < -0.3 is 15.0 Å². The largest absolute Gasteiger partial charge is 0.379 e. The Kier molecular flexibility index (Phi) is 6.60. The van der Waals surface area contributed by atoms with Crippen molar-refractivity contribution in [1.82, 2.24) is 25.2 Å². The SMILES string of the molecule is CC(C)NCc1cn(CCOCCC2CCCN2C)nn1. The summed E-state index contributed by atoms with van der Waals surface area (Å²) in [6.45, 7) is 8.57. The van der Waals surface area contributed by atoms with Gasteiger partial charge in [0.1, 0.15) is 0 Å². The summed E-state index contributed by atoms with van der Waals surface area (Å²) in [6.07, 6.45) is 5.77. The zero-order valence-electron chi connectivity index (χ0n) is 13.6. The smallest absolute Gasteiger partial charge is 0.0964 e. The minimum atomic E-state index is 0.465. The molecule has 2 heterocycles. The topological polar surface area (TPSA) is 55.2 Å². The van der Waals surface area contributed by atoms with E-state index in [2.05, 4.69) is 41.4 Å². The number of aromatic nitrogens is 3. The summed E-state index contributed by atoms with van der Waals surface area (Å²) in [7, 11) is 2.21. The number of ether oxygens (including phenoxy) is 1. The summed E-state index contributed by atoms with van der Waals surface area (Å²) in [6, 6.07) is 1.18. The molecule has 0 aromatic carbocycles. The molecule has 1 aliphatic heterocycles. The molecule has 0 bridgehead atoms. The molecule has 21 heavy (non-hydrogen) atoms. The Balaban J connectivity index is 1.56. The molecule has 0 radical (unpaired) electrons. The van der Waals surface area contributed by atoms with Crippen LogP contribution in [0, 0.1) is 0 Å². The Morgan fingerprint density at radius 1 is 1.43 bits per heavy atom. The third-order valence-corrected chi connectivity index (χ3v) is 4.01. The first-order chi connectivity index (χ1) is 10.1. The minimum absolute atomic E-state index is 0.465. The Morgan fingerprint density at radius 2 is 2.29 bits per heavy atom. The molecule has 1 atom stereocenters. The lowest BCUT2D eigenvalue weighted by molar-refractivity contribution is 0.105. The Bertz CT molecular complexity index is 407. The molecule has 1 N–H and O–H groups in total. The van der Waals surface area contributed by atoms with Gasteiger partial charge in [-0.2, -0.15) is 0 Å². The molecule has 1 aromatic rings. The van der Waals surface area contributed by atoms with Gasteiger partial charge in [0.05, 0.1) is 18.8 Å². The molecule has 6 heteroatoms. The van der Waals surface area contributed by atoms with Crippen molar-refractivity contribution < 1.29 is 4.74 Å². The van der Waals surface area contributed by atoms with E-state index in [-0.39, 0.29) is 0 Å². The first-order valence-electron chi connectivity index (χ1n) is 8.05. The second-order valence-corrected chi connectivity index (χ2v) is 6.19. The maximum absolute atomic E-state index is 5.72. The molecule has 1 fully saturated rings. The van der Waals surface area contributed by atoms with E-state index < -0.39 is 0 Å². The van der Waals surface area contributed by atoms with Crippen molar-refractivity contribution in [3.05, 3.63) is 11.9 Å². The molecule has 0 spiro atoms. The van der Waals surface area contributed by atoms with Crippen molar-refractivity contribution in [2.45, 2.75) is 58.3 Å². The normalized spacial score (nSPS) is 19.7. The highest BCUT2D eigenvalue weighted by atomic mass is 16.5. The summed E-state index contributed by atoms with van der Waals surface area (Å²) in [5, 5.41) is 11.6. The summed E-state index contributed by atoms with van der Waals surface area (Å²) in [4.78, 5) is 2.44. The van der Waals surface area contributed by atoms with Crippen LogP contribution in [-0.2, 0) is 17.8 Å². The Hall–Kier alpha value is -0.980. The fourth-order valence-electron chi connectivity index (χ4n) is 2.66. The van der Waals surface area contributed by atoms with Gasteiger partial charge in [0.2, 0.25) is 0 Å². The van der Waals surface area contributed by atoms with Gasteiger partial charge in [0.15, 0.2) is 0 Å². The second-order valence-electron chi connectivity index (χ2n) is 6.19. The zero-order chi connectivity index (χ0) is 15.1. The van der Waals surface area contributed by atoms with Gasteiger partial charge in [-0.3, -0.25) is 0 Å². The average molecular weight is 295 g/mol. The quantitative estimate of drug-likeness (QED) is 0.696. The van der Waals surface area contributed by atoms with Crippen molar-refractivity contribution in [2.24, 2.45) is 0 Å². The van der Waals surface area contributed by atoms with Gasteiger partial charge >= 0.3 is 0 Å². The molecule has 6 nitrogen and oxygen atoms in total. The van der Waals surface area contributed by atoms with E-state index in [1.165, 1.54) is 19.4 Å². The van der Waals surface area contributed by atoms with Gasteiger partial charge in [0.25, 0.3) is 0 Å². The standard InChI is InChI=1S/C15H29N5O/c1-13(2)16-11-14-12-20(18-17-14)8-10-21-9-6-15-5-4-7-19(15)3/h12-13,15-16H,4-11H2,1-3H3. The Morgan fingerprint density at radius 3 is 3.00 bits per heavy atom. The summed E-state index contributed by atoms with van der Waals surface area (Å²) >= 11 is 0. The van der Waals surface area contributed by atoms with E-state index in [4.69, 9.17) is 4.74 Å². The molecule has 1 aliphatic rings. The van der Waals surface area contributed by atoms with E-state index in [9.17, 15) is 0 Å². The summed E-state index contributed by atoms with van der Waals surface area (Å²) in [5.74, 6) is 0. The van der Waals surface area contributed by atoms with E-state index in [0.29, 0.717) is 18.7 Å². The predicted molar refractivity (Wildman–Crippen MR) is 83.1 cm³/mol. The maximum Gasteiger partial charge on any atom is 0.0964 e. The third-order valence-electron chi connectivity index (χ3n) is 4.01. The highest BCUT2D eigenvalue weighted by Gasteiger charge is 2.19. The summed E-state index contributed by atoms with van der Waals surface area (Å²) in [5.41, 5.74) is 0.983. The highest BCUT2D eigenvalue weighted by molar-refractivity contribution is 4.91. The van der Waals surface area contributed by atoms with Crippen LogP contribution in [0.2, 0.25) is 0 Å². The van der Waals surface area contributed by atoms with Crippen molar-refractivity contribution in [2.75, 3.05) is 26.8 Å². The van der Waals surface area contributed by atoms with Crippen LogP contribution in [0.4, 0.5) is 0 Å². The number of rotatable bonds is 9. The van der Waals surface area contributed by atoms with Crippen molar-refractivity contribution in [3.8, 4) is 0 Å². The molecular formula is C15H29N5O. The fraction of sp³-hybridized carbons (Fsp3) is 0.867. The molecule has 1 aromatic heterocycles. The van der Waals surface area contributed by atoms with Gasteiger partial charge in [0, 0.05) is 31.4 Å². The first-order valence-corrected chi connectivity index (χ1v) is 8.05. The lowest BCUT2D eigenvalue weighted by Gasteiger charge is -2.18. The molecular weight excluding hydrogens is 266 g/mol. The lowest BCUT2D eigenvalue weighted by atomic mass is 10.1. The Labute approximate surface area is 127 Å². The van der Waals surface area contributed by atoms with Gasteiger partial charge in [-0.25, -0.2) is 4.68 Å². The second kappa shape index (κ2) is 8.46. The molecule has 120 valence electrons. The van der Waals surface area contributed by atoms with Gasteiger partial charge in [-0.1, -0.05) is 19.1 Å². The molecule has 1 saturated heterocycles. The average Bonchev–Trinajstić information content (AvgIpc) is 3.06. The maximum atomic E-state index is 5.72. The number of nitrogens with one attached hydrogen (secondary N) is 1. The van der Waals surface area contributed by atoms with Crippen LogP contribution in [0.15, 0.2) is 6.20 Å².